The van der Waals surface area contributed by atoms with E-state index in [1.165, 1.54) is 37.8 Å². The molecule has 5 heteroatoms. The summed E-state index contributed by atoms with van der Waals surface area (Å²) in [5.41, 5.74) is 2.26. The molecule has 0 bridgehead atoms. The van der Waals surface area contributed by atoms with Crippen molar-refractivity contribution in [3.63, 3.8) is 0 Å². The van der Waals surface area contributed by atoms with Gasteiger partial charge in [0.1, 0.15) is 5.75 Å². The van der Waals surface area contributed by atoms with Crippen molar-refractivity contribution >= 4 is 0 Å². The minimum Gasteiger partial charge on any atom is -0.493 e. The number of aromatic nitrogens is 2. The highest BCUT2D eigenvalue weighted by Gasteiger charge is 2.39. The normalized spacial score (nSPS) is 24.4. The standard InChI is InChI=1S/C18H21N3O2/c1-2-4-14(3-1)21-9-7-15(21)18-19-17(20-23-18)13-5-6-16-12(11-13)8-10-22-16/h5-6,11,14-15H,1-4,7-10H2. The summed E-state index contributed by atoms with van der Waals surface area (Å²) in [6.07, 6.45) is 7.47. The lowest BCUT2D eigenvalue weighted by Gasteiger charge is -2.42. The van der Waals surface area contributed by atoms with Crippen molar-refractivity contribution in [2.75, 3.05) is 13.2 Å². The molecule has 0 spiro atoms. The summed E-state index contributed by atoms with van der Waals surface area (Å²) >= 11 is 0. The predicted molar refractivity (Wildman–Crippen MR) is 85.3 cm³/mol. The first-order valence-electron chi connectivity index (χ1n) is 8.74. The number of nitrogens with zero attached hydrogens (tertiary/aromatic N) is 3. The molecule has 120 valence electrons. The minimum atomic E-state index is 0.331. The molecule has 2 aliphatic heterocycles. The summed E-state index contributed by atoms with van der Waals surface area (Å²) in [4.78, 5) is 7.25. The smallest absolute Gasteiger partial charge is 0.244 e. The third-order valence-electron chi connectivity index (χ3n) is 5.53. The van der Waals surface area contributed by atoms with E-state index in [-0.39, 0.29) is 0 Å². The Labute approximate surface area is 135 Å². The molecule has 1 unspecified atom stereocenters. The van der Waals surface area contributed by atoms with Crippen molar-refractivity contribution in [3.05, 3.63) is 29.7 Å². The number of hydrogen-bond donors (Lipinski definition) is 0. The van der Waals surface area contributed by atoms with Crippen molar-refractivity contribution in [1.29, 1.82) is 0 Å². The third-order valence-corrected chi connectivity index (χ3v) is 5.53. The maximum absolute atomic E-state index is 5.60. The third kappa shape index (κ3) is 2.26. The van der Waals surface area contributed by atoms with Crippen molar-refractivity contribution < 1.29 is 9.26 Å². The van der Waals surface area contributed by atoms with Crippen molar-refractivity contribution in [1.82, 2.24) is 15.0 Å². The zero-order chi connectivity index (χ0) is 15.2. The molecule has 1 aromatic heterocycles. The van der Waals surface area contributed by atoms with Crippen LogP contribution >= 0.6 is 0 Å². The Morgan fingerprint density at radius 3 is 2.87 bits per heavy atom. The summed E-state index contributed by atoms with van der Waals surface area (Å²) in [6.45, 7) is 1.94. The van der Waals surface area contributed by atoms with Gasteiger partial charge in [-0.15, -0.1) is 0 Å². The average Bonchev–Trinajstić information content (AvgIpc) is 3.26. The molecule has 3 aliphatic rings. The lowest BCUT2D eigenvalue weighted by atomic mass is 9.98. The van der Waals surface area contributed by atoms with E-state index in [0.29, 0.717) is 11.9 Å². The number of fused-ring (bicyclic) bond motifs is 1. The summed E-state index contributed by atoms with van der Waals surface area (Å²) in [5.74, 6) is 2.48. The van der Waals surface area contributed by atoms with Crippen LogP contribution in [-0.2, 0) is 6.42 Å². The molecule has 2 fully saturated rings. The fourth-order valence-corrected chi connectivity index (χ4v) is 4.16. The van der Waals surface area contributed by atoms with Gasteiger partial charge >= 0.3 is 0 Å². The van der Waals surface area contributed by atoms with Crippen LogP contribution in [-0.4, -0.2) is 34.2 Å². The number of likely N-dealkylation sites (tertiary alicyclic amines) is 1. The van der Waals surface area contributed by atoms with Gasteiger partial charge in [0.15, 0.2) is 0 Å². The van der Waals surface area contributed by atoms with Crippen molar-refractivity contribution in [2.45, 2.75) is 50.6 Å². The lowest BCUT2D eigenvalue weighted by molar-refractivity contribution is 0.0224. The van der Waals surface area contributed by atoms with Crippen LogP contribution in [0.1, 0.15) is 49.6 Å². The number of rotatable bonds is 3. The highest BCUT2D eigenvalue weighted by Crippen LogP contribution is 2.39. The lowest BCUT2D eigenvalue weighted by Crippen LogP contribution is -2.46. The molecule has 5 nitrogen and oxygen atoms in total. The molecule has 1 aromatic carbocycles. The molecule has 1 aliphatic carbocycles. The van der Waals surface area contributed by atoms with E-state index in [0.717, 1.165) is 42.7 Å². The quantitative estimate of drug-likeness (QED) is 0.870. The van der Waals surface area contributed by atoms with E-state index < -0.39 is 0 Å². The first-order valence-corrected chi connectivity index (χ1v) is 8.74. The van der Waals surface area contributed by atoms with Crippen LogP contribution < -0.4 is 4.74 Å². The van der Waals surface area contributed by atoms with Crippen LogP contribution in [0.5, 0.6) is 5.75 Å². The van der Waals surface area contributed by atoms with Crippen LogP contribution in [0.4, 0.5) is 0 Å². The zero-order valence-corrected chi connectivity index (χ0v) is 13.2. The van der Waals surface area contributed by atoms with Crippen LogP contribution in [0.15, 0.2) is 22.7 Å². The Kier molecular flexibility index (Phi) is 3.14. The van der Waals surface area contributed by atoms with Gasteiger partial charge in [-0.25, -0.2) is 0 Å². The van der Waals surface area contributed by atoms with Gasteiger partial charge in [0.05, 0.1) is 12.6 Å². The predicted octanol–water partition coefficient (Wildman–Crippen LogP) is 3.36. The summed E-state index contributed by atoms with van der Waals surface area (Å²) in [7, 11) is 0. The van der Waals surface area contributed by atoms with Gasteiger partial charge in [-0.3, -0.25) is 4.90 Å². The van der Waals surface area contributed by atoms with E-state index in [1.807, 2.05) is 12.1 Å². The first kappa shape index (κ1) is 13.5. The van der Waals surface area contributed by atoms with Crippen LogP contribution in [0.25, 0.3) is 11.4 Å². The van der Waals surface area contributed by atoms with Gasteiger partial charge in [0.2, 0.25) is 11.7 Å². The SMILES string of the molecule is c1cc2c(cc1-c1noc(C3CCN3C3CCCC3)n1)CCO2. The van der Waals surface area contributed by atoms with Crippen LogP contribution in [0.3, 0.4) is 0 Å². The van der Waals surface area contributed by atoms with Gasteiger partial charge in [0.25, 0.3) is 0 Å². The zero-order valence-electron chi connectivity index (χ0n) is 13.2. The van der Waals surface area contributed by atoms with Gasteiger partial charge < -0.3 is 9.26 Å². The Bertz CT molecular complexity index is 721. The molecular weight excluding hydrogens is 290 g/mol. The Morgan fingerprint density at radius 2 is 2.04 bits per heavy atom. The Balaban J connectivity index is 1.38. The van der Waals surface area contributed by atoms with Gasteiger partial charge in [-0.1, -0.05) is 18.0 Å². The highest BCUT2D eigenvalue weighted by atomic mass is 16.5. The van der Waals surface area contributed by atoms with Crippen molar-refractivity contribution in [3.8, 4) is 17.1 Å². The number of ether oxygens (including phenoxy) is 1. The number of benzene rings is 1. The van der Waals surface area contributed by atoms with E-state index in [4.69, 9.17) is 9.26 Å². The Hall–Kier alpha value is -1.88. The molecule has 3 heterocycles. The molecule has 1 saturated carbocycles. The van der Waals surface area contributed by atoms with Crippen LogP contribution in [0, 0.1) is 0 Å². The molecule has 23 heavy (non-hydrogen) atoms. The van der Waals surface area contributed by atoms with E-state index >= 15 is 0 Å². The summed E-state index contributed by atoms with van der Waals surface area (Å²) < 4.78 is 11.2. The molecule has 1 atom stereocenters. The molecule has 0 radical (unpaired) electrons. The van der Waals surface area contributed by atoms with Gasteiger partial charge in [-0.2, -0.15) is 4.98 Å². The summed E-state index contributed by atoms with van der Waals surface area (Å²) in [6, 6.07) is 7.22. The fraction of sp³-hybridized carbons (Fsp3) is 0.556. The topological polar surface area (TPSA) is 51.4 Å². The highest BCUT2D eigenvalue weighted by molar-refractivity contribution is 5.59. The van der Waals surface area contributed by atoms with E-state index in [2.05, 4.69) is 21.1 Å². The number of hydrogen-bond acceptors (Lipinski definition) is 5. The molecule has 5 rings (SSSR count). The van der Waals surface area contributed by atoms with E-state index in [1.54, 1.807) is 0 Å². The second-order valence-corrected chi connectivity index (χ2v) is 6.86. The average molecular weight is 311 g/mol. The molecule has 2 aromatic rings. The molecule has 0 N–H and O–H groups in total. The maximum Gasteiger partial charge on any atom is 0.244 e. The maximum atomic E-state index is 5.60. The monoisotopic (exact) mass is 311 g/mol. The largest absolute Gasteiger partial charge is 0.493 e. The van der Waals surface area contributed by atoms with E-state index in [9.17, 15) is 0 Å². The molecule has 0 amide bonds. The molecule has 1 saturated heterocycles. The first-order chi connectivity index (χ1) is 11.4. The van der Waals surface area contributed by atoms with Gasteiger partial charge in [0, 0.05) is 24.6 Å². The molecular formula is C18H21N3O2. The van der Waals surface area contributed by atoms with Crippen molar-refractivity contribution in [2.24, 2.45) is 0 Å². The summed E-state index contributed by atoms with van der Waals surface area (Å²) in [5, 5.41) is 4.22. The van der Waals surface area contributed by atoms with Crippen LogP contribution in [0.2, 0.25) is 0 Å². The minimum absolute atomic E-state index is 0.331. The fourth-order valence-electron chi connectivity index (χ4n) is 4.16. The Morgan fingerprint density at radius 1 is 1.13 bits per heavy atom. The second kappa shape index (κ2) is 5.34. The second-order valence-electron chi connectivity index (χ2n) is 6.86. The van der Waals surface area contributed by atoms with Gasteiger partial charge in [-0.05, 0) is 43.0 Å².